The molecule has 3 aromatic rings. The zero-order valence-corrected chi connectivity index (χ0v) is 26.3. The molecule has 240 valence electrons. The number of benzene rings is 2. The van der Waals surface area contributed by atoms with Gasteiger partial charge in [0.15, 0.2) is 0 Å². The number of rotatable bonds is 4. The van der Waals surface area contributed by atoms with Crippen LogP contribution >= 0.6 is 34.8 Å². The van der Waals surface area contributed by atoms with Crippen LogP contribution in [0.3, 0.4) is 0 Å². The van der Waals surface area contributed by atoms with Gasteiger partial charge in [0, 0.05) is 49.4 Å². The maximum Gasteiger partial charge on any atom is 0.341 e. The van der Waals surface area contributed by atoms with Gasteiger partial charge in [0.25, 0.3) is 5.56 Å². The van der Waals surface area contributed by atoms with E-state index < -0.39 is 33.7 Å². The molecule has 14 heteroatoms. The van der Waals surface area contributed by atoms with Gasteiger partial charge in [0.1, 0.15) is 32.9 Å². The number of fused-ring (bicyclic) bond motifs is 1. The lowest BCUT2D eigenvalue weighted by atomic mass is 10.1. The quantitative estimate of drug-likeness (QED) is 0.171. The third-order valence-electron chi connectivity index (χ3n) is 6.71. The minimum atomic E-state index is -0.938. The highest BCUT2D eigenvalue weighted by atomic mass is 35.5. The summed E-state index contributed by atoms with van der Waals surface area (Å²) >= 11 is 17.3. The van der Waals surface area contributed by atoms with Gasteiger partial charge < -0.3 is 4.74 Å². The Morgan fingerprint density at radius 2 is 1.41 bits per heavy atom. The van der Waals surface area contributed by atoms with E-state index in [1.54, 1.807) is 16.3 Å². The van der Waals surface area contributed by atoms with Crippen LogP contribution in [-0.2, 0) is 22.6 Å². The smallest absolute Gasteiger partial charge is 0.341 e. The summed E-state index contributed by atoms with van der Waals surface area (Å²) < 4.78 is 60.5. The summed E-state index contributed by atoms with van der Waals surface area (Å²) in [5, 5.41) is 0.224. The molecule has 0 bridgehead atoms. The first-order valence-corrected chi connectivity index (χ1v) is 15.3. The number of aromatic nitrogens is 2. The maximum atomic E-state index is 13.9. The van der Waals surface area contributed by atoms with Crippen molar-refractivity contribution < 1.29 is 27.1 Å². The van der Waals surface area contributed by atoms with E-state index in [4.69, 9.17) is 34.8 Å². The molecule has 7 nitrogen and oxygen atoms in total. The third-order valence-corrected chi connectivity index (χ3v) is 7.47. The van der Waals surface area contributed by atoms with Gasteiger partial charge in [-0.25, -0.2) is 27.0 Å². The first-order valence-electron chi connectivity index (χ1n) is 14.1. The summed E-state index contributed by atoms with van der Waals surface area (Å²) in [5.41, 5.74) is 5.51. The van der Waals surface area contributed by atoms with Crippen molar-refractivity contribution in [1.29, 1.82) is 0 Å². The van der Waals surface area contributed by atoms with Crippen molar-refractivity contribution >= 4 is 46.3 Å². The van der Waals surface area contributed by atoms with Gasteiger partial charge in [-0.1, -0.05) is 41.2 Å². The monoisotopic (exact) mass is 678 g/mol. The van der Waals surface area contributed by atoms with Crippen LogP contribution in [0, 0.1) is 23.3 Å². The lowest BCUT2D eigenvalue weighted by Crippen LogP contribution is -2.30. The minimum absolute atomic E-state index is 0.0504. The number of carbonyl (C=O) groups is 1. The molecule has 0 radical (unpaired) electrons. The molecule has 1 saturated heterocycles. The number of hydrogen-bond acceptors (Lipinski definition) is 5. The van der Waals surface area contributed by atoms with Crippen molar-refractivity contribution in [1.82, 2.24) is 20.2 Å². The second-order valence-corrected chi connectivity index (χ2v) is 11.1. The van der Waals surface area contributed by atoms with Crippen LogP contribution in [0.25, 0.3) is 16.7 Å². The molecule has 5 rings (SSSR count). The zero-order chi connectivity index (χ0) is 32.2. The van der Waals surface area contributed by atoms with Crippen LogP contribution < -0.4 is 16.4 Å². The average Bonchev–Trinajstić information content (AvgIpc) is 3.31. The first-order chi connectivity index (χ1) is 21.1. The van der Waals surface area contributed by atoms with E-state index in [2.05, 4.69) is 15.6 Å². The number of hydrogen-bond donors (Lipinski definition) is 2. The summed E-state index contributed by atoms with van der Waals surface area (Å²) in [5.74, 6) is -4.02. The molecule has 1 fully saturated rings. The Kier molecular flexibility index (Phi) is 14.3. The van der Waals surface area contributed by atoms with E-state index in [0.29, 0.717) is 19.2 Å². The van der Waals surface area contributed by atoms with E-state index in [1.807, 2.05) is 0 Å². The van der Waals surface area contributed by atoms with Crippen molar-refractivity contribution in [3.8, 4) is 11.1 Å². The molecule has 0 amide bonds. The number of esters is 1. The molecule has 2 aromatic carbocycles. The van der Waals surface area contributed by atoms with Crippen molar-refractivity contribution in [3.05, 3.63) is 85.2 Å². The fraction of sp³-hybridized carbons (Fsp3) is 0.400. The van der Waals surface area contributed by atoms with E-state index in [-0.39, 0.29) is 39.6 Å². The Balaban J connectivity index is 0.000000200. The molecule has 0 saturated carbocycles. The Labute approximate surface area is 267 Å². The highest BCUT2D eigenvalue weighted by Gasteiger charge is 2.24. The van der Waals surface area contributed by atoms with Crippen LogP contribution in [0.1, 0.15) is 51.0 Å². The maximum absolute atomic E-state index is 13.9. The molecular formula is C30H33Cl3F4N4O3. The predicted octanol–water partition coefficient (Wildman–Crippen LogP) is 7.37. The number of hydrazine groups is 1. The molecule has 0 unspecified atom stereocenters. The lowest BCUT2D eigenvalue weighted by Gasteiger charge is -2.08. The third kappa shape index (κ3) is 9.58. The van der Waals surface area contributed by atoms with Crippen LogP contribution in [0.5, 0.6) is 0 Å². The van der Waals surface area contributed by atoms with E-state index in [9.17, 15) is 27.2 Å². The van der Waals surface area contributed by atoms with Gasteiger partial charge in [-0.05, 0) is 63.3 Å². The van der Waals surface area contributed by atoms with Gasteiger partial charge in [-0.2, -0.15) is 0 Å². The molecule has 3 heterocycles. The van der Waals surface area contributed by atoms with Gasteiger partial charge in [0.2, 0.25) is 0 Å². The first kappa shape index (κ1) is 35.6. The summed E-state index contributed by atoms with van der Waals surface area (Å²) in [6, 6.07) is 5.84. The largest absolute Gasteiger partial charge is 0.462 e. The topological polar surface area (TPSA) is 77.3 Å². The number of nitrogens with one attached hydrogen (secondary N) is 2. The predicted molar refractivity (Wildman–Crippen MR) is 164 cm³/mol. The lowest BCUT2D eigenvalue weighted by molar-refractivity contribution is -0.136. The van der Waals surface area contributed by atoms with Crippen LogP contribution in [0.4, 0.5) is 17.6 Å². The van der Waals surface area contributed by atoms with E-state index in [0.717, 1.165) is 56.6 Å². The summed E-state index contributed by atoms with van der Waals surface area (Å²) in [4.78, 5) is 23.9. The van der Waals surface area contributed by atoms with Crippen molar-refractivity contribution in [2.75, 3.05) is 19.7 Å². The van der Waals surface area contributed by atoms with Crippen LogP contribution in [0.15, 0.2) is 45.7 Å². The molecule has 0 aliphatic carbocycles. The van der Waals surface area contributed by atoms with Gasteiger partial charge in [-0.3, -0.25) is 20.3 Å². The number of halogens is 7. The normalized spacial score (nSPS) is 14.5. The van der Waals surface area contributed by atoms with Crippen molar-refractivity contribution in [3.63, 3.8) is 0 Å². The fourth-order valence-electron chi connectivity index (χ4n) is 4.59. The fourth-order valence-corrected chi connectivity index (χ4v) is 5.30. The molecule has 1 aromatic heterocycles. The molecule has 2 aliphatic heterocycles. The Bertz CT molecular complexity index is 1500. The van der Waals surface area contributed by atoms with Crippen LogP contribution in [0.2, 0.25) is 5.15 Å². The SMILES string of the molecule is C1CCNNCC1.CCOC(=O)C(=C(Cl)Cl)c1ccc(F)cc1F.O=c1c(-c2ccc(F)cc2F)c(Cl)n2n1CCCCC2. The van der Waals surface area contributed by atoms with Gasteiger partial charge >= 0.3 is 5.97 Å². The molecule has 2 aliphatic rings. The molecule has 0 spiro atoms. The van der Waals surface area contributed by atoms with Crippen molar-refractivity contribution in [2.24, 2.45) is 0 Å². The Morgan fingerprint density at radius 3 is 1.98 bits per heavy atom. The van der Waals surface area contributed by atoms with Gasteiger partial charge in [0.05, 0.1) is 17.7 Å². The van der Waals surface area contributed by atoms with Crippen LogP contribution in [-0.4, -0.2) is 35.0 Å². The number of nitrogens with zero attached hydrogens (tertiary/aromatic N) is 2. The second kappa shape index (κ2) is 17.6. The van der Waals surface area contributed by atoms with E-state index in [1.165, 1.54) is 25.3 Å². The van der Waals surface area contributed by atoms with Crippen molar-refractivity contribution in [2.45, 2.75) is 58.5 Å². The standard InChI is InChI=1S/C14H13ClF2N2O.C11H8Cl2F2O2.C5H12N2/c15-13-12(10-5-4-9(16)8-11(10)17)14(20)19-7-3-1-2-6-18(13)19;1-2-17-11(16)9(10(12)13)7-4-3-6(14)5-8(7)15;1-2-4-6-7-5-3-1/h4-5,8H,1-3,6-7H2;3-5H,2H2,1H3;6-7H,1-5H2. The zero-order valence-electron chi connectivity index (χ0n) is 24.0. The number of carbonyl (C=O) groups excluding carboxylic acids is 1. The highest BCUT2D eigenvalue weighted by molar-refractivity contribution is 6.61. The second-order valence-electron chi connectivity index (χ2n) is 9.80. The molecule has 0 atom stereocenters. The average molecular weight is 680 g/mol. The minimum Gasteiger partial charge on any atom is -0.462 e. The molecule has 2 N–H and O–H groups in total. The van der Waals surface area contributed by atoms with Gasteiger partial charge in [-0.15, -0.1) is 0 Å². The Hall–Kier alpha value is -2.83. The number of ether oxygens (including phenoxy) is 1. The summed E-state index contributed by atoms with van der Waals surface area (Å²) in [6.07, 6.45) is 6.88. The highest BCUT2D eigenvalue weighted by Crippen LogP contribution is 2.30. The molecule has 44 heavy (non-hydrogen) atoms. The summed E-state index contributed by atoms with van der Waals surface area (Å²) in [7, 11) is 0. The Morgan fingerprint density at radius 1 is 0.841 bits per heavy atom. The summed E-state index contributed by atoms with van der Waals surface area (Å²) in [6.45, 7) is 5.16. The van der Waals surface area contributed by atoms with E-state index >= 15 is 0 Å². The molecular weight excluding hydrogens is 647 g/mol.